The van der Waals surface area contributed by atoms with Gasteiger partial charge in [-0.2, -0.15) is 0 Å². The van der Waals surface area contributed by atoms with Crippen LogP contribution in [0.5, 0.6) is 0 Å². The summed E-state index contributed by atoms with van der Waals surface area (Å²) in [6.45, 7) is 0.767. The van der Waals surface area contributed by atoms with Crippen molar-refractivity contribution in [1.29, 1.82) is 0 Å². The second kappa shape index (κ2) is 24.3. The van der Waals surface area contributed by atoms with Crippen LogP contribution in [0.1, 0.15) is 11.1 Å². The highest BCUT2D eigenvalue weighted by Gasteiger charge is 2.43. The lowest BCUT2D eigenvalue weighted by Gasteiger charge is -2.39. The number of hydrogen-bond donors (Lipinski definition) is 0. The molecule has 0 saturated carbocycles. The van der Waals surface area contributed by atoms with Crippen LogP contribution in [0.3, 0.4) is 0 Å². The molecule has 0 aliphatic carbocycles. The van der Waals surface area contributed by atoms with Crippen LogP contribution in [-0.4, -0.2) is 113 Å². The molecule has 0 fully saturated rings. The Labute approximate surface area is 255 Å². The second-order valence-electron chi connectivity index (χ2n) is 9.34. The Bertz CT molecular complexity index is 891. The molecule has 43 heavy (non-hydrogen) atoms. The Morgan fingerprint density at radius 1 is 0.419 bits per heavy atom. The molecule has 0 aliphatic rings. The van der Waals surface area contributed by atoms with Crippen molar-refractivity contribution in [3.05, 3.63) is 71.8 Å². The third-order valence-corrected chi connectivity index (χ3v) is 6.10. The van der Waals surface area contributed by atoms with E-state index in [1.165, 1.54) is 28.4 Å². The average molecular weight is 613 g/mol. The molecule has 0 radical (unpaired) electrons. The maximum Gasteiger partial charge on any atom is 0.146 e. The molecule has 244 valence electrons. The van der Waals surface area contributed by atoms with Gasteiger partial charge in [0, 0.05) is 35.5 Å². The predicted molar refractivity (Wildman–Crippen MR) is 156 cm³/mol. The highest BCUT2D eigenvalue weighted by molar-refractivity contribution is 5.14. The van der Waals surface area contributed by atoms with E-state index in [0.29, 0.717) is 6.61 Å². The van der Waals surface area contributed by atoms with Crippen LogP contribution < -0.4 is 0 Å². The Balaban J connectivity index is 2.46. The molecular formula is C31H48O12. The molecule has 12 nitrogen and oxygen atoms in total. The fraction of sp³-hybridized carbons (Fsp3) is 0.613. The molecule has 0 spiro atoms. The fourth-order valence-electron chi connectivity index (χ4n) is 4.17. The molecular weight excluding hydrogens is 564 g/mol. The second-order valence-corrected chi connectivity index (χ2v) is 9.34. The van der Waals surface area contributed by atoms with E-state index in [-0.39, 0.29) is 53.8 Å². The lowest BCUT2D eigenvalue weighted by atomic mass is 9.98. The van der Waals surface area contributed by atoms with Crippen LogP contribution >= 0.6 is 0 Å². The molecule has 0 aromatic heterocycles. The number of ether oxygens (including phenoxy) is 12. The quantitative estimate of drug-likeness (QED) is 0.109. The van der Waals surface area contributed by atoms with Crippen molar-refractivity contribution in [1.82, 2.24) is 0 Å². The van der Waals surface area contributed by atoms with Crippen molar-refractivity contribution in [3.63, 3.8) is 0 Å². The van der Waals surface area contributed by atoms with E-state index in [2.05, 4.69) is 0 Å². The molecule has 0 amide bonds. The van der Waals surface area contributed by atoms with Crippen molar-refractivity contribution in [3.8, 4) is 0 Å². The number of hydrogen-bond acceptors (Lipinski definition) is 12. The van der Waals surface area contributed by atoms with Crippen molar-refractivity contribution in [2.24, 2.45) is 0 Å². The van der Waals surface area contributed by atoms with Gasteiger partial charge in [-0.1, -0.05) is 60.7 Å². The number of methoxy groups -OCH3 is 5. The summed E-state index contributed by atoms with van der Waals surface area (Å²) in [7, 11) is 7.67. The summed E-state index contributed by atoms with van der Waals surface area (Å²) < 4.78 is 69.2. The van der Waals surface area contributed by atoms with Gasteiger partial charge in [0.05, 0.1) is 26.4 Å². The molecule has 5 atom stereocenters. The molecule has 0 saturated heterocycles. The highest BCUT2D eigenvalue weighted by atomic mass is 16.7. The lowest BCUT2D eigenvalue weighted by Crippen LogP contribution is -2.56. The minimum atomic E-state index is -0.825. The van der Waals surface area contributed by atoms with Crippen molar-refractivity contribution in [2.75, 3.05) is 82.7 Å². The van der Waals surface area contributed by atoms with E-state index in [1.54, 1.807) is 7.11 Å². The van der Waals surface area contributed by atoms with Crippen molar-refractivity contribution < 1.29 is 56.8 Å². The predicted octanol–water partition coefficient (Wildman–Crippen LogP) is 3.37. The summed E-state index contributed by atoms with van der Waals surface area (Å²) >= 11 is 0. The van der Waals surface area contributed by atoms with Gasteiger partial charge in [0.1, 0.15) is 64.5 Å². The largest absolute Gasteiger partial charge is 0.374 e. The third-order valence-electron chi connectivity index (χ3n) is 6.10. The zero-order valence-electron chi connectivity index (χ0n) is 25.9. The Morgan fingerprint density at radius 3 is 1.35 bits per heavy atom. The van der Waals surface area contributed by atoms with E-state index in [0.717, 1.165) is 11.1 Å². The van der Waals surface area contributed by atoms with Gasteiger partial charge in [-0.05, 0) is 11.1 Å². The summed E-state index contributed by atoms with van der Waals surface area (Å²) in [6, 6.07) is 19.6. The summed E-state index contributed by atoms with van der Waals surface area (Å²) in [5.41, 5.74) is 1.98. The van der Waals surface area contributed by atoms with E-state index < -0.39 is 30.5 Å². The van der Waals surface area contributed by atoms with Crippen LogP contribution in [0.15, 0.2) is 60.7 Å². The SMILES string of the molecule is COCOC[C@H](OCOC)[C@@H](OCOC)[C@@H](OCOC)[C@H](OCc1ccccc1)[C@@H](COCc1ccccc1)OCOC. The first kappa shape index (κ1) is 37.1. The standard InChI is InChI=1S/C31H48O12/c1-32-20-38-19-28(41-22-34-3)30(42-23-35-4)31(43-24-36-5)29(39-17-26-14-10-7-11-15-26)27(40-21-33-2)18-37-16-25-12-8-6-9-13-25/h6-15,27-31H,16-24H2,1-5H3/t27-,28+,29-,30-,31+/m1/s1. The van der Waals surface area contributed by atoms with Gasteiger partial charge in [-0.25, -0.2) is 0 Å². The summed E-state index contributed by atoms with van der Waals surface area (Å²) in [4.78, 5) is 0. The average Bonchev–Trinajstić information content (AvgIpc) is 3.04. The molecule has 0 unspecified atom stereocenters. The van der Waals surface area contributed by atoms with Crippen molar-refractivity contribution >= 4 is 0 Å². The van der Waals surface area contributed by atoms with Crippen LogP contribution in [0, 0.1) is 0 Å². The lowest BCUT2D eigenvalue weighted by molar-refractivity contribution is -0.261. The van der Waals surface area contributed by atoms with E-state index in [4.69, 9.17) is 56.8 Å². The Kier molecular flexibility index (Phi) is 21.0. The van der Waals surface area contributed by atoms with Crippen LogP contribution in [0.4, 0.5) is 0 Å². The van der Waals surface area contributed by atoms with E-state index in [1.807, 2.05) is 60.7 Å². The van der Waals surface area contributed by atoms with Gasteiger partial charge in [0.25, 0.3) is 0 Å². The van der Waals surface area contributed by atoms with Gasteiger partial charge in [-0.3, -0.25) is 0 Å². The molecule has 0 heterocycles. The van der Waals surface area contributed by atoms with Crippen LogP contribution in [-0.2, 0) is 70.1 Å². The summed E-state index contributed by atoms with van der Waals surface area (Å²) in [6.07, 6.45) is -3.74. The maximum atomic E-state index is 6.58. The molecule has 0 bridgehead atoms. The minimum absolute atomic E-state index is 0.00823. The summed E-state index contributed by atoms with van der Waals surface area (Å²) in [5, 5.41) is 0. The van der Waals surface area contributed by atoms with Gasteiger partial charge in [-0.15, -0.1) is 0 Å². The smallest absolute Gasteiger partial charge is 0.146 e. The first-order valence-electron chi connectivity index (χ1n) is 13.9. The van der Waals surface area contributed by atoms with Gasteiger partial charge in [0.15, 0.2) is 0 Å². The van der Waals surface area contributed by atoms with Gasteiger partial charge >= 0.3 is 0 Å². The van der Waals surface area contributed by atoms with Crippen LogP contribution in [0.25, 0.3) is 0 Å². The molecule has 2 aromatic rings. The molecule has 0 N–H and O–H groups in total. The molecule has 0 aliphatic heterocycles. The minimum Gasteiger partial charge on any atom is -0.374 e. The summed E-state index contributed by atoms with van der Waals surface area (Å²) in [5.74, 6) is 0. The highest BCUT2D eigenvalue weighted by Crippen LogP contribution is 2.24. The number of rotatable bonds is 27. The van der Waals surface area contributed by atoms with Gasteiger partial charge in [0.2, 0.25) is 0 Å². The first-order valence-corrected chi connectivity index (χ1v) is 13.9. The monoisotopic (exact) mass is 612 g/mol. The Hall–Kier alpha value is -2.04. The molecule has 2 aromatic carbocycles. The maximum absolute atomic E-state index is 6.58. The van der Waals surface area contributed by atoms with Crippen LogP contribution in [0.2, 0.25) is 0 Å². The zero-order chi connectivity index (χ0) is 31.0. The topological polar surface area (TPSA) is 111 Å². The van der Waals surface area contributed by atoms with E-state index in [9.17, 15) is 0 Å². The fourth-order valence-corrected chi connectivity index (χ4v) is 4.17. The van der Waals surface area contributed by atoms with E-state index >= 15 is 0 Å². The molecule has 2 rings (SSSR count). The van der Waals surface area contributed by atoms with Crippen molar-refractivity contribution in [2.45, 2.75) is 43.7 Å². The van der Waals surface area contributed by atoms with Gasteiger partial charge < -0.3 is 56.8 Å². The Morgan fingerprint density at radius 2 is 0.837 bits per heavy atom. The number of benzene rings is 2. The normalized spacial score (nSPS) is 15.2. The third kappa shape index (κ3) is 15.0. The first-order chi connectivity index (χ1) is 21.2. The molecule has 12 heteroatoms. The zero-order valence-corrected chi connectivity index (χ0v) is 25.9.